The van der Waals surface area contributed by atoms with Crippen LogP contribution in [-0.2, 0) is 5.41 Å². The zero-order chi connectivity index (χ0) is 43.1. The molecule has 1 aromatic heterocycles. The van der Waals surface area contributed by atoms with Gasteiger partial charge in [0.05, 0.1) is 28.2 Å². The lowest BCUT2D eigenvalue weighted by Gasteiger charge is -2.45. The molecule has 3 heteroatoms. The fourth-order valence-electron chi connectivity index (χ4n) is 11.0. The number of furan rings is 1. The Hall–Kier alpha value is -8.32. The molecule has 1 spiro atoms. The summed E-state index contributed by atoms with van der Waals surface area (Å²) in [6, 6.07) is 80.0. The van der Waals surface area contributed by atoms with E-state index >= 15 is 0 Å². The second-order valence-electron chi connectivity index (χ2n) is 17.5. The predicted octanol–water partition coefficient (Wildman–Crippen LogP) is 16.4. The summed E-state index contributed by atoms with van der Waals surface area (Å²) in [5, 5.41) is 2.21. The Bertz CT molecular complexity index is 3490. The number of allylic oxidation sites excluding steroid dienone is 4. The summed E-state index contributed by atoms with van der Waals surface area (Å²) in [4.78, 5) is 4.81. The number of benzene rings is 8. The van der Waals surface area contributed by atoms with Crippen molar-refractivity contribution in [2.45, 2.75) is 18.8 Å². The molecule has 1 atom stereocenters. The number of fused-ring (bicyclic) bond motifs is 12. The molecule has 13 rings (SSSR count). The van der Waals surface area contributed by atoms with E-state index in [0.29, 0.717) is 5.92 Å². The summed E-state index contributed by atoms with van der Waals surface area (Å²) in [7, 11) is 0. The van der Waals surface area contributed by atoms with Gasteiger partial charge in [-0.05, 0) is 124 Å². The molecule has 10 aromatic rings. The Morgan fingerprint density at radius 2 is 1.23 bits per heavy atom. The van der Waals surface area contributed by atoms with E-state index in [1.165, 1.54) is 55.9 Å². The van der Waals surface area contributed by atoms with E-state index in [0.717, 1.165) is 62.2 Å². The first-order chi connectivity index (χ1) is 32.2. The number of hydrogen-bond acceptors (Lipinski definition) is 3. The maximum absolute atomic E-state index is 6.48. The Kier molecular flexibility index (Phi) is 8.38. The van der Waals surface area contributed by atoms with Gasteiger partial charge < -0.3 is 14.2 Å². The van der Waals surface area contributed by atoms with Gasteiger partial charge in [-0.15, -0.1) is 0 Å². The van der Waals surface area contributed by atoms with Gasteiger partial charge in [-0.3, -0.25) is 0 Å². The fraction of sp³-hybridized carbons (Fsp3) is 0.0645. The monoisotopic (exact) mass is 830 g/mol. The van der Waals surface area contributed by atoms with Gasteiger partial charge in [0.25, 0.3) is 0 Å². The first-order valence-corrected chi connectivity index (χ1v) is 22.6. The number of para-hydroxylation sites is 5. The number of nitrogens with zero attached hydrogens (tertiary/aromatic N) is 2. The third-order valence-electron chi connectivity index (χ3n) is 13.8. The van der Waals surface area contributed by atoms with Gasteiger partial charge in [0.1, 0.15) is 11.2 Å². The third-order valence-corrected chi connectivity index (χ3v) is 13.8. The largest absolute Gasteiger partial charge is 0.455 e. The molecule has 65 heavy (non-hydrogen) atoms. The van der Waals surface area contributed by atoms with Crippen molar-refractivity contribution >= 4 is 61.6 Å². The van der Waals surface area contributed by atoms with E-state index in [-0.39, 0.29) is 0 Å². The van der Waals surface area contributed by atoms with Gasteiger partial charge in [0.2, 0.25) is 0 Å². The van der Waals surface area contributed by atoms with E-state index in [2.05, 4.69) is 235 Å². The van der Waals surface area contributed by atoms with Crippen LogP contribution in [0.1, 0.15) is 41.2 Å². The highest BCUT2D eigenvalue weighted by molar-refractivity contribution is 6.09. The van der Waals surface area contributed by atoms with E-state index in [1.54, 1.807) is 0 Å². The van der Waals surface area contributed by atoms with Gasteiger partial charge in [-0.2, -0.15) is 0 Å². The minimum atomic E-state index is -0.585. The van der Waals surface area contributed by atoms with Gasteiger partial charge in [-0.1, -0.05) is 165 Å². The lowest BCUT2D eigenvalue weighted by molar-refractivity contribution is 0.670. The number of hydrogen-bond donors (Lipinski definition) is 0. The Morgan fingerprint density at radius 1 is 0.569 bits per heavy atom. The Morgan fingerprint density at radius 3 is 1.98 bits per heavy atom. The average molecular weight is 831 g/mol. The van der Waals surface area contributed by atoms with Gasteiger partial charge in [-0.25, -0.2) is 0 Å². The SMILES string of the molecule is CC1C=CC(c2ccc(N(c3c#cc(-c4cccc5c4oc4ccccc45)cc3)c3cccc4c3-c3ccccc3C43c4ccccc4N(c4ccccc4)c4ccccc43)cc2)=CC1. The minimum Gasteiger partial charge on any atom is -0.455 e. The molecule has 0 saturated heterocycles. The minimum absolute atomic E-state index is 0.554. The van der Waals surface area contributed by atoms with Crippen molar-refractivity contribution in [1.29, 1.82) is 0 Å². The van der Waals surface area contributed by atoms with E-state index in [4.69, 9.17) is 4.42 Å². The summed E-state index contributed by atoms with van der Waals surface area (Å²) in [6.07, 6.45) is 7.99. The van der Waals surface area contributed by atoms with Crippen LogP contribution in [-0.4, -0.2) is 0 Å². The summed E-state index contributed by atoms with van der Waals surface area (Å²) in [5.74, 6) is 0.554. The number of anilines is 6. The molecular formula is C62H42N2O. The van der Waals surface area contributed by atoms with Crippen molar-refractivity contribution in [3.05, 3.63) is 258 Å². The molecule has 1 aliphatic heterocycles. The second-order valence-corrected chi connectivity index (χ2v) is 17.5. The highest BCUT2D eigenvalue weighted by atomic mass is 16.3. The van der Waals surface area contributed by atoms with E-state index < -0.39 is 5.41 Å². The topological polar surface area (TPSA) is 19.6 Å². The molecule has 1 unspecified atom stereocenters. The van der Waals surface area contributed by atoms with Crippen LogP contribution in [0.15, 0.2) is 223 Å². The second kappa shape index (κ2) is 14.6. The van der Waals surface area contributed by atoms with Gasteiger partial charge in [0, 0.05) is 38.8 Å². The van der Waals surface area contributed by atoms with Gasteiger partial charge >= 0.3 is 0 Å². The molecule has 0 fully saturated rings. The zero-order valence-corrected chi connectivity index (χ0v) is 35.9. The summed E-state index contributed by atoms with van der Waals surface area (Å²) in [6.45, 7) is 2.27. The third kappa shape index (κ3) is 5.57. The zero-order valence-electron chi connectivity index (χ0n) is 35.9. The van der Waals surface area contributed by atoms with Crippen LogP contribution in [0.5, 0.6) is 0 Å². The van der Waals surface area contributed by atoms with Crippen molar-refractivity contribution in [3.8, 4) is 22.3 Å². The maximum atomic E-state index is 6.48. The average Bonchev–Trinajstić information content (AvgIpc) is 3.90. The molecule has 0 radical (unpaired) electrons. The van der Waals surface area contributed by atoms with Crippen LogP contribution in [0.3, 0.4) is 0 Å². The molecule has 306 valence electrons. The molecule has 2 aliphatic carbocycles. The quantitative estimate of drug-likeness (QED) is 0.166. The van der Waals surface area contributed by atoms with E-state index in [9.17, 15) is 0 Å². The fourth-order valence-corrected chi connectivity index (χ4v) is 11.0. The molecule has 3 nitrogen and oxygen atoms in total. The Balaban J connectivity index is 1.03. The molecule has 3 aliphatic rings. The van der Waals surface area contributed by atoms with Crippen molar-refractivity contribution in [2.24, 2.45) is 5.92 Å². The Labute approximate surface area is 379 Å². The molecule has 0 N–H and O–H groups in total. The predicted molar refractivity (Wildman–Crippen MR) is 268 cm³/mol. The molecule has 2 heterocycles. The molecular weight excluding hydrogens is 789 g/mol. The smallest absolute Gasteiger partial charge is 0.143 e. The van der Waals surface area contributed by atoms with Crippen molar-refractivity contribution in [2.75, 3.05) is 9.80 Å². The van der Waals surface area contributed by atoms with Crippen molar-refractivity contribution in [3.63, 3.8) is 0 Å². The summed E-state index contributed by atoms with van der Waals surface area (Å²) < 4.78 is 6.48. The molecule has 0 amide bonds. The molecule has 0 bridgehead atoms. The van der Waals surface area contributed by atoms with Crippen LogP contribution in [0, 0.1) is 18.1 Å². The van der Waals surface area contributed by atoms with Crippen LogP contribution in [0.25, 0.3) is 49.8 Å². The van der Waals surface area contributed by atoms with Crippen molar-refractivity contribution < 1.29 is 4.42 Å². The first-order valence-electron chi connectivity index (χ1n) is 22.6. The highest BCUT2D eigenvalue weighted by Gasteiger charge is 2.52. The first kappa shape index (κ1) is 37.3. The lowest BCUT2D eigenvalue weighted by atomic mass is 9.64. The standard InChI is InChI=1S/C62H42N2O/c1-41-29-31-42(32-30-41)43-33-37-46(38-34-43)63(47-39-35-44(36-40-47)48-19-13-20-50-49-17-6-12-28-59(49)65-61(48)50)58-27-14-24-55-60(58)51-18-5-7-21-52(51)62(55)53-22-8-10-25-56(53)64(45-15-3-2-4-16-45)57-26-11-9-23-54(57)62/h2-29,31-35,37-39,41H,30H2,1H3. The van der Waals surface area contributed by atoms with Crippen LogP contribution in [0.2, 0.25) is 0 Å². The van der Waals surface area contributed by atoms with Crippen LogP contribution >= 0.6 is 0 Å². The molecule has 9 aromatic carbocycles. The van der Waals surface area contributed by atoms with E-state index in [1.807, 2.05) is 12.1 Å². The summed E-state index contributed by atoms with van der Waals surface area (Å²) in [5.41, 5.74) is 19.6. The summed E-state index contributed by atoms with van der Waals surface area (Å²) >= 11 is 0. The van der Waals surface area contributed by atoms with Crippen LogP contribution in [0.4, 0.5) is 34.1 Å². The number of rotatable bonds is 6. The molecule has 0 saturated carbocycles. The van der Waals surface area contributed by atoms with Crippen molar-refractivity contribution in [1.82, 2.24) is 0 Å². The lowest BCUT2D eigenvalue weighted by Crippen LogP contribution is -2.36. The van der Waals surface area contributed by atoms with Gasteiger partial charge in [0.15, 0.2) is 0 Å². The highest BCUT2D eigenvalue weighted by Crippen LogP contribution is 2.65. The normalized spacial score (nSPS) is 15.2. The maximum Gasteiger partial charge on any atom is 0.143 e. The van der Waals surface area contributed by atoms with Crippen LogP contribution < -0.4 is 9.80 Å².